The summed E-state index contributed by atoms with van der Waals surface area (Å²) in [6.07, 6.45) is 0.456. The van der Waals surface area contributed by atoms with Gasteiger partial charge >= 0.3 is 5.97 Å². The zero-order valence-electron chi connectivity index (χ0n) is 4.92. The minimum absolute atomic E-state index is 0.130. The minimum Gasteiger partial charge on any atom is -0.424 e. The Balaban J connectivity index is 2.65. The van der Waals surface area contributed by atoms with Crippen LogP contribution in [0.5, 0.6) is 0 Å². The standard InChI is InChI=1S/C5H6O4/c1-5(3-6)8-2-4(7)9-5/h3H,2H2,1H3. The Bertz CT molecular complexity index is 153. The molecule has 1 rings (SSSR count). The van der Waals surface area contributed by atoms with Gasteiger partial charge in [0, 0.05) is 6.92 Å². The highest BCUT2D eigenvalue weighted by molar-refractivity contribution is 5.77. The van der Waals surface area contributed by atoms with Crippen LogP contribution < -0.4 is 0 Å². The molecule has 1 heterocycles. The van der Waals surface area contributed by atoms with Gasteiger partial charge in [0.15, 0.2) is 6.29 Å². The third-order valence-electron chi connectivity index (χ3n) is 1.01. The first-order chi connectivity index (χ1) is 4.16. The third-order valence-corrected chi connectivity index (χ3v) is 1.01. The van der Waals surface area contributed by atoms with Gasteiger partial charge in [-0.05, 0) is 0 Å². The molecule has 4 nitrogen and oxygen atoms in total. The molecule has 1 unspecified atom stereocenters. The van der Waals surface area contributed by atoms with Gasteiger partial charge < -0.3 is 9.47 Å². The van der Waals surface area contributed by atoms with Gasteiger partial charge in [0.2, 0.25) is 0 Å². The van der Waals surface area contributed by atoms with Crippen LogP contribution in [0.25, 0.3) is 0 Å². The molecular weight excluding hydrogens is 124 g/mol. The van der Waals surface area contributed by atoms with E-state index in [1.807, 2.05) is 0 Å². The molecule has 1 atom stereocenters. The number of hydrogen-bond donors (Lipinski definition) is 0. The smallest absolute Gasteiger partial charge is 0.335 e. The first kappa shape index (κ1) is 6.22. The van der Waals surface area contributed by atoms with Crippen LogP contribution >= 0.6 is 0 Å². The summed E-state index contributed by atoms with van der Waals surface area (Å²) < 4.78 is 9.13. The first-order valence-corrected chi connectivity index (χ1v) is 2.48. The van der Waals surface area contributed by atoms with Gasteiger partial charge in [-0.15, -0.1) is 0 Å². The quantitative estimate of drug-likeness (QED) is 0.354. The van der Waals surface area contributed by atoms with Crippen molar-refractivity contribution in [2.75, 3.05) is 6.61 Å². The number of ether oxygens (including phenoxy) is 2. The predicted molar refractivity (Wildman–Crippen MR) is 26.5 cm³/mol. The fourth-order valence-electron chi connectivity index (χ4n) is 0.545. The molecule has 0 radical (unpaired) electrons. The van der Waals surface area contributed by atoms with Crippen molar-refractivity contribution in [1.29, 1.82) is 0 Å². The van der Waals surface area contributed by atoms with Crippen LogP contribution in [-0.4, -0.2) is 24.6 Å². The molecule has 0 aliphatic carbocycles. The number of hydrogen-bond acceptors (Lipinski definition) is 4. The molecule has 0 spiro atoms. The topological polar surface area (TPSA) is 52.6 Å². The molecule has 1 saturated heterocycles. The Kier molecular flexibility index (Phi) is 1.25. The maximum absolute atomic E-state index is 10.3. The molecule has 0 bridgehead atoms. The van der Waals surface area contributed by atoms with E-state index in [4.69, 9.17) is 0 Å². The second-order valence-electron chi connectivity index (χ2n) is 1.90. The van der Waals surface area contributed by atoms with Crippen molar-refractivity contribution in [3.05, 3.63) is 0 Å². The maximum Gasteiger partial charge on any atom is 0.335 e. The Labute approximate surface area is 51.7 Å². The molecule has 0 aromatic heterocycles. The summed E-state index contributed by atoms with van der Waals surface area (Å²) in [5, 5.41) is 0. The Morgan fingerprint density at radius 1 is 1.78 bits per heavy atom. The summed E-state index contributed by atoms with van der Waals surface area (Å²) in [4.78, 5) is 20.4. The zero-order chi connectivity index (χ0) is 6.91. The molecule has 9 heavy (non-hydrogen) atoms. The lowest BCUT2D eigenvalue weighted by Gasteiger charge is -2.11. The molecule has 1 aliphatic rings. The monoisotopic (exact) mass is 130 g/mol. The van der Waals surface area contributed by atoms with Crippen LogP contribution in [-0.2, 0) is 19.1 Å². The van der Waals surface area contributed by atoms with Crippen LogP contribution in [0.4, 0.5) is 0 Å². The van der Waals surface area contributed by atoms with Gasteiger partial charge in [-0.2, -0.15) is 0 Å². The number of esters is 1. The number of aldehydes is 1. The second kappa shape index (κ2) is 1.80. The van der Waals surface area contributed by atoms with E-state index in [0.717, 1.165) is 0 Å². The number of carbonyl (C=O) groups is 2. The van der Waals surface area contributed by atoms with Crippen LogP contribution in [0, 0.1) is 0 Å². The lowest BCUT2D eigenvalue weighted by molar-refractivity contribution is -0.170. The SMILES string of the molecule is CC1(C=O)OCC(=O)O1. The van der Waals surface area contributed by atoms with E-state index in [9.17, 15) is 9.59 Å². The van der Waals surface area contributed by atoms with Gasteiger partial charge in [0.1, 0.15) is 6.61 Å². The molecule has 4 heteroatoms. The summed E-state index contributed by atoms with van der Waals surface area (Å²) in [6, 6.07) is 0. The fourth-order valence-corrected chi connectivity index (χ4v) is 0.545. The van der Waals surface area contributed by atoms with E-state index in [-0.39, 0.29) is 6.61 Å². The van der Waals surface area contributed by atoms with Crippen LogP contribution in [0.2, 0.25) is 0 Å². The predicted octanol–water partition coefficient (Wildman–Crippen LogP) is -0.525. The molecular formula is C5H6O4. The largest absolute Gasteiger partial charge is 0.424 e. The van der Waals surface area contributed by atoms with Gasteiger partial charge in [-0.1, -0.05) is 0 Å². The van der Waals surface area contributed by atoms with Crippen molar-refractivity contribution >= 4 is 12.3 Å². The number of rotatable bonds is 1. The molecule has 0 aromatic rings. The molecule has 50 valence electrons. The fraction of sp³-hybridized carbons (Fsp3) is 0.600. The van der Waals surface area contributed by atoms with E-state index in [0.29, 0.717) is 6.29 Å². The minimum atomic E-state index is -1.32. The molecule has 0 amide bonds. The summed E-state index contributed by atoms with van der Waals surface area (Å²) in [5.41, 5.74) is 0. The normalized spacial score (nSPS) is 34.1. The highest BCUT2D eigenvalue weighted by Crippen LogP contribution is 2.15. The summed E-state index contributed by atoms with van der Waals surface area (Å²) in [7, 11) is 0. The maximum atomic E-state index is 10.3. The second-order valence-corrected chi connectivity index (χ2v) is 1.90. The Morgan fingerprint density at radius 3 is 2.67 bits per heavy atom. The average molecular weight is 130 g/mol. The van der Waals surface area contributed by atoms with Crippen molar-refractivity contribution in [1.82, 2.24) is 0 Å². The van der Waals surface area contributed by atoms with E-state index >= 15 is 0 Å². The van der Waals surface area contributed by atoms with Crippen molar-refractivity contribution in [3.63, 3.8) is 0 Å². The van der Waals surface area contributed by atoms with E-state index in [1.54, 1.807) is 0 Å². The zero-order valence-corrected chi connectivity index (χ0v) is 4.92. The van der Waals surface area contributed by atoms with Gasteiger partial charge in [0.25, 0.3) is 5.79 Å². The van der Waals surface area contributed by atoms with E-state index in [2.05, 4.69) is 9.47 Å². The summed E-state index contributed by atoms with van der Waals surface area (Å²) in [5.74, 6) is -1.82. The molecule has 1 fully saturated rings. The lowest BCUT2D eigenvalue weighted by atomic mass is 10.4. The molecule has 0 N–H and O–H groups in total. The lowest BCUT2D eigenvalue weighted by Crippen LogP contribution is -2.27. The van der Waals surface area contributed by atoms with Crippen LogP contribution in [0.15, 0.2) is 0 Å². The highest BCUT2D eigenvalue weighted by Gasteiger charge is 2.36. The van der Waals surface area contributed by atoms with Crippen LogP contribution in [0.1, 0.15) is 6.92 Å². The van der Waals surface area contributed by atoms with Crippen LogP contribution in [0.3, 0.4) is 0 Å². The number of cyclic esters (lactones) is 1. The average Bonchev–Trinajstić information content (AvgIpc) is 2.13. The third kappa shape index (κ3) is 1.08. The van der Waals surface area contributed by atoms with Gasteiger partial charge in [0.05, 0.1) is 0 Å². The Morgan fingerprint density at radius 2 is 2.44 bits per heavy atom. The number of carbonyl (C=O) groups excluding carboxylic acids is 2. The molecule has 0 aromatic carbocycles. The highest BCUT2D eigenvalue weighted by atomic mass is 16.8. The van der Waals surface area contributed by atoms with E-state index in [1.165, 1.54) is 6.92 Å². The van der Waals surface area contributed by atoms with Gasteiger partial charge in [-0.3, -0.25) is 4.79 Å². The van der Waals surface area contributed by atoms with Crippen molar-refractivity contribution in [2.45, 2.75) is 12.7 Å². The van der Waals surface area contributed by atoms with Crippen molar-refractivity contribution in [3.8, 4) is 0 Å². The molecule has 0 saturated carbocycles. The Hall–Kier alpha value is -0.900. The first-order valence-electron chi connectivity index (χ1n) is 2.48. The van der Waals surface area contributed by atoms with E-state index < -0.39 is 11.8 Å². The summed E-state index contributed by atoms with van der Waals surface area (Å²) in [6.45, 7) is 1.26. The van der Waals surface area contributed by atoms with Crippen molar-refractivity contribution in [2.24, 2.45) is 0 Å². The van der Waals surface area contributed by atoms with Crippen molar-refractivity contribution < 1.29 is 19.1 Å². The summed E-state index contributed by atoms with van der Waals surface area (Å²) >= 11 is 0. The molecule has 1 aliphatic heterocycles. The van der Waals surface area contributed by atoms with Gasteiger partial charge in [-0.25, -0.2) is 4.79 Å².